The summed E-state index contributed by atoms with van der Waals surface area (Å²) in [5, 5.41) is 10.6. The maximum atomic E-state index is 10.6. The minimum Gasteiger partial charge on any atom is -0.473 e. The first-order valence-electron chi connectivity index (χ1n) is 5.78. The van der Waals surface area contributed by atoms with E-state index in [2.05, 4.69) is 20.9 Å². The molecular weight excluding hydrogens is 302 g/mol. The molecule has 98 valence electrons. The maximum absolute atomic E-state index is 10.6. The Hall–Kier alpha value is -1.21. The monoisotopic (exact) mass is 315 g/mol. The van der Waals surface area contributed by atoms with Crippen LogP contribution in [0.4, 0.5) is 5.69 Å². The molecule has 1 aromatic rings. The topological polar surface area (TPSA) is 91.3 Å². The molecule has 1 aromatic heterocycles. The fourth-order valence-electron chi connectivity index (χ4n) is 2.05. The lowest BCUT2D eigenvalue weighted by Gasteiger charge is -2.26. The second kappa shape index (κ2) is 5.62. The van der Waals surface area contributed by atoms with Crippen molar-refractivity contribution in [1.29, 1.82) is 0 Å². The average molecular weight is 316 g/mol. The number of rotatable bonds is 3. The third kappa shape index (κ3) is 3.17. The molecular formula is C11H14BrN3O3. The van der Waals surface area contributed by atoms with Crippen molar-refractivity contribution in [3.8, 4) is 5.88 Å². The van der Waals surface area contributed by atoms with Gasteiger partial charge in [0.15, 0.2) is 0 Å². The van der Waals surface area contributed by atoms with Crippen LogP contribution < -0.4 is 10.5 Å². The van der Waals surface area contributed by atoms with Gasteiger partial charge in [-0.25, -0.2) is 4.98 Å². The summed E-state index contributed by atoms with van der Waals surface area (Å²) in [5.41, 5.74) is 5.82. The second-order valence-corrected chi connectivity index (χ2v) is 5.26. The minimum absolute atomic E-state index is 0.0407. The Morgan fingerprint density at radius 3 is 2.94 bits per heavy atom. The Labute approximate surface area is 113 Å². The van der Waals surface area contributed by atoms with Crippen LogP contribution in [0.5, 0.6) is 5.88 Å². The molecule has 18 heavy (non-hydrogen) atoms. The predicted octanol–water partition coefficient (Wildman–Crippen LogP) is 2.40. The summed E-state index contributed by atoms with van der Waals surface area (Å²) in [6.45, 7) is 0. The molecule has 1 saturated carbocycles. The van der Waals surface area contributed by atoms with Gasteiger partial charge in [-0.05, 0) is 41.6 Å². The lowest BCUT2D eigenvalue weighted by atomic mass is 9.94. The third-order valence-corrected chi connectivity index (χ3v) is 3.52. The van der Waals surface area contributed by atoms with Crippen LogP contribution in [0.15, 0.2) is 16.7 Å². The molecule has 1 fully saturated rings. The van der Waals surface area contributed by atoms with E-state index in [1.165, 1.54) is 12.3 Å². The number of nitro groups is 1. The van der Waals surface area contributed by atoms with E-state index in [-0.39, 0.29) is 17.8 Å². The zero-order valence-corrected chi connectivity index (χ0v) is 11.3. The number of halogens is 1. The van der Waals surface area contributed by atoms with Gasteiger partial charge in [-0.2, -0.15) is 0 Å². The van der Waals surface area contributed by atoms with Gasteiger partial charge < -0.3 is 10.5 Å². The molecule has 2 unspecified atom stereocenters. The first kappa shape index (κ1) is 13.2. The Morgan fingerprint density at radius 1 is 1.56 bits per heavy atom. The van der Waals surface area contributed by atoms with Crippen LogP contribution in [-0.2, 0) is 0 Å². The van der Waals surface area contributed by atoms with Crippen LogP contribution in [0.1, 0.15) is 25.7 Å². The summed E-state index contributed by atoms with van der Waals surface area (Å²) >= 11 is 3.23. The van der Waals surface area contributed by atoms with Crippen LogP contribution in [0.25, 0.3) is 0 Å². The van der Waals surface area contributed by atoms with E-state index in [9.17, 15) is 10.1 Å². The highest BCUT2D eigenvalue weighted by Crippen LogP contribution is 2.29. The molecule has 0 amide bonds. The van der Waals surface area contributed by atoms with Gasteiger partial charge in [0.25, 0.3) is 5.69 Å². The van der Waals surface area contributed by atoms with E-state index < -0.39 is 4.92 Å². The average Bonchev–Trinajstić information content (AvgIpc) is 2.31. The van der Waals surface area contributed by atoms with Crippen molar-refractivity contribution < 1.29 is 9.66 Å². The molecule has 1 aliphatic carbocycles. The first-order chi connectivity index (χ1) is 8.56. The zero-order chi connectivity index (χ0) is 13.1. The van der Waals surface area contributed by atoms with Crippen molar-refractivity contribution in [3.63, 3.8) is 0 Å². The van der Waals surface area contributed by atoms with Crippen LogP contribution in [0, 0.1) is 10.1 Å². The fraction of sp³-hybridized carbons (Fsp3) is 0.545. The first-order valence-corrected chi connectivity index (χ1v) is 6.57. The quantitative estimate of drug-likeness (QED) is 0.683. The van der Waals surface area contributed by atoms with Gasteiger partial charge in [-0.15, -0.1) is 0 Å². The van der Waals surface area contributed by atoms with Crippen molar-refractivity contribution in [2.24, 2.45) is 5.73 Å². The molecule has 1 aliphatic rings. The minimum atomic E-state index is -0.488. The fourth-order valence-corrected chi connectivity index (χ4v) is 2.48. The molecule has 6 nitrogen and oxygen atoms in total. The Kier molecular flexibility index (Phi) is 4.13. The van der Waals surface area contributed by atoms with Crippen molar-refractivity contribution in [3.05, 3.63) is 26.9 Å². The second-order valence-electron chi connectivity index (χ2n) is 4.40. The Balaban J connectivity index is 2.07. The van der Waals surface area contributed by atoms with E-state index in [4.69, 9.17) is 10.5 Å². The van der Waals surface area contributed by atoms with Crippen molar-refractivity contribution in [2.75, 3.05) is 0 Å². The molecule has 7 heteroatoms. The van der Waals surface area contributed by atoms with Gasteiger partial charge in [0.05, 0.1) is 9.40 Å². The van der Waals surface area contributed by atoms with Gasteiger partial charge in [0.1, 0.15) is 12.3 Å². The highest BCUT2D eigenvalue weighted by Gasteiger charge is 2.22. The van der Waals surface area contributed by atoms with Gasteiger partial charge in [0, 0.05) is 12.1 Å². The van der Waals surface area contributed by atoms with E-state index >= 15 is 0 Å². The summed E-state index contributed by atoms with van der Waals surface area (Å²) in [5.74, 6) is 0.389. The number of nitrogens with zero attached hydrogens (tertiary/aromatic N) is 2. The third-order valence-electron chi connectivity index (χ3n) is 2.95. The smallest absolute Gasteiger partial charge is 0.288 e. The molecule has 2 rings (SSSR count). The largest absolute Gasteiger partial charge is 0.473 e. The van der Waals surface area contributed by atoms with Crippen LogP contribution in [0.3, 0.4) is 0 Å². The van der Waals surface area contributed by atoms with Gasteiger partial charge >= 0.3 is 0 Å². The molecule has 0 radical (unpaired) electrons. The Morgan fingerprint density at radius 2 is 2.33 bits per heavy atom. The molecule has 0 saturated heterocycles. The van der Waals surface area contributed by atoms with Gasteiger partial charge in [-0.3, -0.25) is 10.1 Å². The summed E-state index contributed by atoms with van der Waals surface area (Å²) < 4.78 is 6.23. The summed E-state index contributed by atoms with van der Waals surface area (Å²) in [6.07, 6.45) is 5.04. The molecule has 0 aromatic carbocycles. The molecule has 0 spiro atoms. The molecule has 1 heterocycles. The number of ether oxygens (including phenoxy) is 1. The van der Waals surface area contributed by atoms with Crippen LogP contribution in [-0.4, -0.2) is 22.1 Å². The highest BCUT2D eigenvalue weighted by atomic mass is 79.9. The number of hydrogen-bond acceptors (Lipinski definition) is 5. The maximum Gasteiger partial charge on any atom is 0.288 e. The summed E-state index contributed by atoms with van der Waals surface area (Å²) in [6, 6.07) is 1.56. The van der Waals surface area contributed by atoms with Crippen molar-refractivity contribution in [1.82, 2.24) is 4.98 Å². The lowest BCUT2D eigenvalue weighted by Crippen LogP contribution is -2.33. The van der Waals surface area contributed by atoms with Gasteiger partial charge in [0.2, 0.25) is 5.88 Å². The summed E-state index contributed by atoms with van der Waals surface area (Å²) in [7, 11) is 0. The van der Waals surface area contributed by atoms with E-state index in [0.717, 1.165) is 25.7 Å². The van der Waals surface area contributed by atoms with Gasteiger partial charge in [-0.1, -0.05) is 0 Å². The van der Waals surface area contributed by atoms with E-state index in [0.29, 0.717) is 10.4 Å². The number of aromatic nitrogens is 1. The zero-order valence-electron chi connectivity index (χ0n) is 9.71. The predicted molar refractivity (Wildman–Crippen MR) is 69.5 cm³/mol. The molecule has 2 atom stereocenters. The molecule has 0 bridgehead atoms. The SMILES string of the molecule is NC1CCCC(Oc2ncc([N+](=O)[O-])cc2Br)C1. The summed E-state index contributed by atoms with van der Waals surface area (Å²) in [4.78, 5) is 14.1. The highest BCUT2D eigenvalue weighted by molar-refractivity contribution is 9.10. The number of hydrogen-bond donors (Lipinski definition) is 1. The number of pyridine rings is 1. The Bertz CT molecular complexity index is 455. The van der Waals surface area contributed by atoms with Crippen molar-refractivity contribution in [2.45, 2.75) is 37.8 Å². The van der Waals surface area contributed by atoms with E-state index in [1.54, 1.807) is 0 Å². The normalized spacial score (nSPS) is 23.7. The van der Waals surface area contributed by atoms with Crippen LogP contribution >= 0.6 is 15.9 Å². The molecule has 2 N–H and O–H groups in total. The van der Waals surface area contributed by atoms with Crippen molar-refractivity contribution >= 4 is 21.6 Å². The standard InChI is InChI=1S/C11H14BrN3O3/c12-10-5-8(15(16)17)6-14-11(10)18-9-3-1-2-7(13)4-9/h5-7,9H,1-4,13H2. The number of nitrogens with two attached hydrogens (primary N) is 1. The lowest BCUT2D eigenvalue weighted by molar-refractivity contribution is -0.385. The van der Waals surface area contributed by atoms with Crippen LogP contribution in [0.2, 0.25) is 0 Å². The van der Waals surface area contributed by atoms with E-state index in [1.807, 2.05) is 0 Å². The molecule has 0 aliphatic heterocycles.